The molecule has 0 aliphatic carbocycles. The molecule has 0 saturated carbocycles. The van der Waals surface area contributed by atoms with Crippen LogP contribution in [0.4, 0.5) is 16.2 Å². The lowest BCUT2D eigenvalue weighted by molar-refractivity contribution is 0.134. The van der Waals surface area contributed by atoms with Crippen molar-refractivity contribution in [3.05, 3.63) is 24.3 Å². The zero-order valence-electron chi connectivity index (χ0n) is 12.7. The fraction of sp³-hybridized carbons (Fsp3) is 0.562. The van der Waals surface area contributed by atoms with Crippen LogP contribution in [-0.4, -0.2) is 47.9 Å². The molecular formula is C16H24N4O2. The maximum absolute atomic E-state index is 10.9. The van der Waals surface area contributed by atoms with Crippen molar-refractivity contribution in [2.45, 2.75) is 37.9 Å². The molecule has 2 aliphatic rings. The molecule has 2 aliphatic heterocycles. The van der Waals surface area contributed by atoms with Crippen LogP contribution in [0.15, 0.2) is 24.3 Å². The molecule has 1 aromatic carbocycles. The first-order valence-electron chi connectivity index (χ1n) is 8.00. The number of likely N-dealkylation sites (tertiary alicyclic amines) is 1. The Balaban J connectivity index is 1.60. The van der Waals surface area contributed by atoms with E-state index >= 15 is 0 Å². The molecule has 1 atom stereocenters. The lowest BCUT2D eigenvalue weighted by Crippen LogP contribution is -2.41. The molecule has 3 rings (SSSR count). The third-order valence-electron chi connectivity index (χ3n) is 4.61. The predicted octanol–water partition coefficient (Wildman–Crippen LogP) is 2.13. The molecule has 0 aromatic heterocycles. The first kappa shape index (κ1) is 15.0. The summed E-state index contributed by atoms with van der Waals surface area (Å²) in [6.07, 6.45) is 3.19. The Hall–Kier alpha value is -1.95. The number of amides is 1. The molecule has 22 heavy (non-hydrogen) atoms. The van der Waals surface area contributed by atoms with Gasteiger partial charge in [0.2, 0.25) is 0 Å². The molecular weight excluding hydrogens is 280 g/mol. The van der Waals surface area contributed by atoms with Crippen molar-refractivity contribution in [3.63, 3.8) is 0 Å². The molecule has 1 aromatic rings. The quantitative estimate of drug-likeness (QED) is 0.797. The Bertz CT molecular complexity index is 529. The molecule has 2 heterocycles. The van der Waals surface area contributed by atoms with Crippen molar-refractivity contribution >= 4 is 17.5 Å². The van der Waals surface area contributed by atoms with Crippen molar-refractivity contribution in [1.29, 1.82) is 0 Å². The molecule has 6 nitrogen and oxygen atoms in total. The summed E-state index contributed by atoms with van der Waals surface area (Å²) < 4.78 is 0. The minimum absolute atomic E-state index is 0.119. The number of hydrogen-bond acceptors (Lipinski definition) is 4. The third-order valence-corrected chi connectivity index (χ3v) is 4.61. The first-order valence-corrected chi connectivity index (χ1v) is 8.00. The van der Waals surface area contributed by atoms with Crippen molar-refractivity contribution in [2.24, 2.45) is 5.73 Å². The lowest BCUT2D eigenvalue weighted by atomic mass is 10.0. The van der Waals surface area contributed by atoms with Crippen molar-refractivity contribution < 1.29 is 9.90 Å². The van der Waals surface area contributed by atoms with Gasteiger partial charge in [-0.25, -0.2) is 4.79 Å². The highest BCUT2D eigenvalue weighted by atomic mass is 16.4. The van der Waals surface area contributed by atoms with E-state index in [1.54, 1.807) is 0 Å². The number of hydrogen-bond donors (Lipinski definition) is 3. The van der Waals surface area contributed by atoms with Gasteiger partial charge < -0.3 is 26.0 Å². The molecule has 120 valence electrons. The van der Waals surface area contributed by atoms with Crippen molar-refractivity contribution in [2.75, 3.05) is 29.9 Å². The van der Waals surface area contributed by atoms with E-state index in [9.17, 15) is 4.79 Å². The van der Waals surface area contributed by atoms with E-state index in [1.807, 2.05) is 0 Å². The van der Waals surface area contributed by atoms with Crippen LogP contribution in [0.2, 0.25) is 0 Å². The van der Waals surface area contributed by atoms with Crippen LogP contribution < -0.4 is 16.0 Å². The second-order valence-corrected chi connectivity index (χ2v) is 6.14. The number of nitrogens with one attached hydrogen (secondary N) is 1. The molecule has 2 fully saturated rings. The number of benzene rings is 1. The summed E-state index contributed by atoms with van der Waals surface area (Å²) in [5, 5.41) is 12.5. The molecule has 0 spiro atoms. The predicted molar refractivity (Wildman–Crippen MR) is 87.2 cm³/mol. The van der Waals surface area contributed by atoms with Gasteiger partial charge in [-0.2, -0.15) is 0 Å². The molecule has 1 amide bonds. The Morgan fingerprint density at radius 3 is 2.64 bits per heavy atom. The number of piperidine rings is 1. The van der Waals surface area contributed by atoms with Gasteiger partial charge in [0.25, 0.3) is 0 Å². The van der Waals surface area contributed by atoms with E-state index in [0.29, 0.717) is 19.1 Å². The van der Waals surface area contributed by atoms with Crippen LogP contribution in [0.1, 0.15) is 25.7 Å². The second-order valence-electron chi connectivity index (χ2n) is 6.14. The lowest BCUT2D eigenvalue weighted by Gasteiger charge is -2.31. The van der Waals surface area contributed by atoms with Crippen molar-refractivity contribution in [3.8, 4) is 0 Å². The van der Waals surface area contributed by atoms with Crippen LogP contribution in [0.5, 0.6) is 0 Å². The second kappa shape index (κ2) is 6.44. The maximum atomic E-state index is 10.9. The average molecular weight is 304 g/mol. The summed E-state index contributed by atoms with van der Waals surface area (Å²) in [6.45, 7) is 2.22. The Kier molecular flexibility index (Phi) is 4.38. The number of anilines is 2. The largest absolute Gasteiger partial charge is 0.465 e. The number of nitrogens with zero attached hydrogens (tertiary/aromatic N) is 2. The van der Waals surface area contributed by atoms with E-state index in [4.69, 9.17) is 10.8 Å². The Morgan fingerprint density at radius 1 is 1.23 bits per heavy atom. The minimum Gasteiger partial charge on any atom is -0.465 e. The number of rotatable bonds is 3. The standard InChI is InChI=1S/C16H24N4O2/c17-15-5-2-8-20(15)14-4-1-3-13(11-14)18-12-6-9-19(10-7-12)16(21)22/h1,3-4,11-12,15,18H,2,5-10,17H2,(H,21,22). The van der Waals surface area contributed by atoms with Crippen LogP contribution >= 0.6 is 0 Å². The maximum Gasteiger partial charge on any atom is 0.407 e. The molecule has 1 unspecified atom stereocenters. The SMILES string of the molecule is NC1CCCN1c1cccc(NC2CCN(C(=O)O)CC2)c1. The van der Waals surface area contributed by atoms with Crippen LogP contribution in [-0.2, 0) is 0 Å². The van der Waals surface area contributed by atoms with Gasteiger partial charge in [0.05, 0.1) is 6.17 Å². The molecule has 6 heteroatoms. The summed E-state index contributed by atoms with van der Waals surface area (Å²) in [4.78, 5) is 14.7. The minimum atomic E-state index is -0.816. The number of nitrogens with two attached hydrogens (primary N) is 1. The highest BCUT2D eigenvalue weighted by Gasteiger charge is 2.23. The zero-order valence-corrected chi connectivity index (χ0v) is 12.7. The van der Waals surface area contributed by atoms with E-state index in [2.05, 4.69) is 34.5 Å². The molecule has 4 N–H and O–H groups in total. The summed E-state index contributed by atoms with van der Waals surface area (Å²) in [6, 6.07) is 8.69. The third kappa shape index (κ3) is 3.27. The summed E-state index contributed by atoms with van der Waals surface area (Å²) in [7, 11) is 0. The molecule has 2 saturated heterocycles. The Labute approximate surface area is 130 Å². The van der Waals surface area contributed by atoms with Gasteiger partial charge in [-0.3, -0.25) is 0 Å². The molecule has 0 bridgehead atoms. The smallest absolute Gasteiger partial charge is 0.407 e. The van der Waals surface area contributed by atoms with Gasteiger partial charge >= 0.3 is 6.09 Å². The van der Waals surface area contributed by atoms with E-state index in [1.165, 1.54) is 4.90 Å². The van der Waals surface area contributed by atoms with E-state index in [-0.39, 0.29) is 6.17 Å². The number of carboxylic acid groups (broad SMARTS) is 1. The topological polar surface area (TPSA) is 81.8 Å². The average Bonchev–Trinajstić information content (AvgIpc) is 2.94. The number of carbonyl (C=O) groups is 1. The van der Waals surface area contributed by atoms with E-state index in [0.717, 1.165) is 43.6 Å². The zero-order chi connectivity index (χ0) is 15.5. The van der Waals surface area contributed by atoms with Crippen molar-refractivity contribution in [1.82, 2.24) is 4.90 Å². The van der Waals surface area contributed by atoms with Gasteiger partial charge in [-0.05, 0) is 43.9 Å². The first-order chi connectivity index (χ1) is 10.6. The monoisotopic (exact) mass is 304 g/mol. The highest BCUT2D eigenvalue weighted by Crippen LogP contribution is 2.26. The van der Waals surface area contributed by atoms with Gasteiger partial charge in [-0.1, -0.05) is 6.07 Å². The van der Waals surface area contributed by atoms with Gasteiger partial charge in [0, 0.05) is 37.1 Å². The highest BCUT2D eigenvalue weighted by molar-refractivity contribution is 5.65. The van der Waals surface area contributed by atoms with Crippen LogP contribution in [0.25, 0.3) is 0 Å². The Morgan fingerprint density at radius 2 is 2.00 bits per heavy atom. The summed E-state index contributed by atoms with van der Waals surface area (Å²) in [5.41, 5.74) is 8.39. The summed E-state index contributed by atoms with van der Waals surface area (Å²) in [5.74, 6) is 0. The fourth-order valence-corrected chi connectivity index (χ4v) is 3.34. The summed E-state index contributed by atoms with van der Waals surface area (Å²) >= 11 is 0. The van der Waals surface area contributed by atoms with E-state index < -0.39 is 6.09 Å². The van der Waals surface area contributed by atoms with Gasteiger partial charge in [0.15, 0.2) is 0 Å². The normalized spacial score (nSPS) is 22.9. The fourth-order valence-electron chi connectivity index (χ4n) is 3.34. The van der Waals surface area contributed by atoms with Gasteiger partial charge in [-0.15, -0.1) is 0 Å². The van der Waals surface area contributed by atoms with Crippen LogP contribution in [0.3, 0.4) is 0 Å². The van der Waals surface area contributed by atoms with Gasteiger partial charge in [0.1, 0.15) is 0 Å². The van der Waals surface area contributed by atoms with Crippen LogP contribution in [0, 0.1) is 0 Å². The molecule has 0 radical (unpaired) electrons.